The summed E-state index contributed by atoms with van der Waals surface area (Å²) in [5, 5.41) is 0. The molecule has 1 aromatic rings. The Morgan fingerprint density at radius 3 is 2.95 bits per heavy atom. The van der Waals surface area contributed by atoms with Gasteiger partial charge in [0.15, 0.2) is 6.10 Å². The first-order valence-corrected chi connectivity index (χ1v) is 8.05. The number of hydrogen-bond donors (Lipinski definition) is 1. The highest BCUT2D eigenvalue weighted by Gasteiger charge is 2.33. The second-order valence-electron chi connectivity index (χ2n) is 4.74. The van der Waals surface area contributed by atoms with Crippen LogP contribution in [0.1, 0.15) is 5.56 Å². The smallest absolute Gasteiger partial charge is 0.336 e. The molecule has 0 aromatic heterocycles. The molecule has 0 aliphatic carbocycles. The van der Waals surface area contributed by atoms with Crippen molar-refractivity contribution in [2.24, 2.45) is 0 Å². The number of nitrogens with two attached hydrogens (primary N) is 1. The Balaban J connectivity index is 2.10. The number of methoxy groups -OCH3 is 1. The molecule has 21 heavy (non-hydrogen) atoms. The topological polar surface area (TPSA) is 98.9 Å². The monoisotopic (exact) mass is 314 g/mol. The fraction of sp³-hybridized carbons (Fsp3) is 0.462. The van der Waals surface area contributed by atoms with E-state index < -0.39 is 22.1 Å². The lowest BCUT2D eigenvalue weighted by molar-refractivity contribution is -0.157. The summed E-state index contributed by atoms with van der Waals surface area (Å²) in [7, 11) is -2.30. The molecule has 2 N–H and O–H groups in total. The number of morpholine rings is 1. The largest absolute Gasteiger partial charge is 0.467 e. The number of carbonyl (C=O) groups excluding carboxylic acids is 1. The van der Waals surface area contributed by atoms with Crippen LogP contribution < -0.4 is 5.73 Å². The van der Waals surface area contributed by atoms with E-state index in [4.69, 9.17) is 10.5 Å². The molecular formula is C13H18N2O5S. The molecule has 0 saturated carbocycles. The van der Waals surface area contributed by atoms with Crippen molar-refractivity contribution in [2.45, 2.75) is 11.9 Å². The van der Waals surface area contributed by atoms with Crippen LogP contribution in [0.25, 0.3) is 0 Å². The molecule has 0 amide bonds. The Hall–Kier alpha value is -1.64. The van der Waals surface area contributed by atoms with Gasteiger partial charge in [-0.3, -0.25) is 0 Å². The van der Waals surface area contributed by atoms with E-state index in [1.165, 1.54) is 11.4 Å². The van der Waals surface area contributed by atoms with Gasteiger partial charge in [-0.25, -0.2) is 13.2 Å². The van der Waals surface area contributed by atoms with Crippen LogP contribution in [-0.4, -0.2) is 51.6 Å². The lowest BCUT2D eigenvalue weighted by Gasteiger charge is -2.30. The van der Waals surface area contributed by atoms with Gasteiger partial charge in [0.05, 0.1) is 26.0 Å². The molecule has 1 unspecified atom stereocenters. The van der Waals surface area contributed by atoms with Gasteiger partial charge in [0.25, 0.3) is 0 Å². The summed E-state index contributed by atoms with van der Waals surface area (Å²) in [6.45, 7) is 0.353. The minimum absolute atomic E-state index is 0.0304. The van der Waals surface area contributed by atoms with Crippen LogP contribution in [0.4, 0.5) is 5.69 Å². The highest BCUT2D eigenvalue weighted by atomic mass is 32.2. The first-order valence-electron chi connectivity index (χ1n) is 6.44. The van der Waals surface area contributed by atoms with Crippen LogP contribution in [-0.2, 0) is 30.0 Å². The predicted molar refractivity (Wildman–Crippen MR) is 76.8 cm³/mol. The number of hydrogen-bond acceptors (Lipinski definition) is 6. The number of carbonyl (C=O) groups is 1. The minimum atomic E-state index is -3.54. The molecule has 1 atom stereocenters. The molecule has 0 radical (unpaired) electrons. The summed E-state index contributed by atoms with van der Waals surface area (Å²) in [5.74, 6) is -0.731. The first-order chi connectivity index (χ1) is 9.92. The lowest BCUT2D eigenvalue weighted by atomic mass is 10.2. The van der Waals surface area contributed by atoms with Crippen LogP contribution in [0.5, 0.6) is 0 Å². The second-order valence-corrected chi connectivity index (χ2v) is 6.71. The van der Waals surface area contributed by atoms with E-state index in [1.807, 2.05) is 0 Å². The minimum Gasteiger partial charge on any atom is -0.467 e. The van der Waals surface area contributed by atoms with Gasteiger partial charge in [-0.05, 0) is 17.7 Å². The van der Waals surface area contributed by atoms with Crippen molar-refractivity contribution in [3.05, 3.63) is 29.8 Å². The lowest BCUT2D eigenvalue weighted by Crippen LogP contribution is -2.49. The van der Waals surface area contributed by atoms with E-state index in [9.17, 15) is 13.2 Å². The number of anilines is 1. The summed E-state index contributed by atoms with van der Waals surface area (Å²) < 4.78 is 35.9. The average molecular weight is 314 g/mol. The Labute approximate surface area is 123 Å². The number of nitrogens with zero attached hydrogens (tertiary/aromatic N) is 1. The SMILES string of the molecule is COC(=O)C1CN(S(=O)(=O)Cc2cccc(N)c2)CCO1. The van der Waals surface area contributed by atoms with Crippen LogP contribution >= 0.6 is 0 Å². The zero-order valence-corrected chi connectivity index (χ0v) is 12.5. The Morgan fingerprint density at radius 1 is 1.52 bits per heavy atom. The van der Waals surface area contributed by atoms with E-state index in [2.05, 4.69) is 4.74 Å². The van der Waals surface area contributed by atoms with Gasteiger partial charge in [0.2, 0.25) is 10.0 Å². The van der Waals surface area contributed by atoms with E-state index in [1.54, 1.807) is 24.3 Å². The Bertz CT molecular complexity index is 617. The maximum Gasteiger partial charge on any atom is 0.336 e. The molecule has 1 aliphatic rings. The van der Waals surface area contributed by atoms with Crippen LogP contribution in [0.15, 0.2) is 24.3 Å². The van der Waals surface area contributed by atoms with Gasteiger partial charge in [-0.2, -0.15) is 4.31 Å². The summed E-state index contributed by atoms with van der Waals surface area (Å²) in [4.78, 5) is 11.5. The molecule has 1 fully saturated rings. The van der Waals surface area contributed by atoms with Crippen molar-refractivity contribution in [3.8, 4) is 0 Å². The van der Waals surface area contributed by atoms with Gasteiger partial charge in [0, 0.05) is 12.2 Å². The summed E-state index contributed by atoms with van der Waals surface area (Å²) in [5.41, 5.74) is 6.76. The summed E-state index contributed by atoms with van der Waals surface area (Å²) in [6, 6.07) is 6.72. The van der Waals surface area contributed by atoms with E-state index in [-0.39, 0.29) is 25.4 Å². The van der Waals surface area contributed by atoms with E-state index in [0.717, 1.165) is 0 Å². The van der Waals surface area contributed by atoms with Crippen molar-refractivity contribution >= 4 is 21.7 Å². The maximum absolute atomic E-state index is 12.4. The highest BCUT2D eigenvalue weighted by molar-refractivity contribution is 7.88. The zero-order valence-electron chi connectivity index (χ0n) is 11.7. The molecule has 116 valence electrons. The number of nitrogen functional groups attached to an aromatic ring is 1. The third-order valence-corrected chi connectivity index (χ3v) is 5.00. The Kier molecular flexibility index (Phi) is 4.81. The van der Waals surface area contributed by atoms with Gasteiger partial charge in [0.1, 0.15) is 0 Å². The molecule has 0 spiro atoms. The molecular weight excluding hydrogens is 296 g/mol. The Morgan fingerprint density at radius 2 is 2.29 bits per heavy atom. The zero-order chi connectivity index (χ0) is 15.5. The number of rotatable bonds is 4. The van der Waals surface area contributed by atoms with Crippen molar-refractivity contribution < 1.29 is 22.7 Å². The number of ether oxygens (including phenoxy) is 2. The predicted octanol–water partition coefficient (Wildman–Crippen LogP) is -0.0276. The molecule has 1 saturated heterocycles. The third kappa shape index (κ3) is 3.93. The second kappa shape index (κ2) is 6.42. The van der Waals surface area contributed by atoms with E-state index >= 15 is 0 Å². The first kappa shape index (κ1) is 15.7. The third-order valence-electron chi connectivity index (χ3n) is 3.19. The van der Waals surface area contributed by atoms with Crippen molar-refractivity contribution in [1.82, 2.24) is 4.31 Å². The average Bonchev–Trinajstić information content (AvgIpc) is 2.46. The van der Waals surface area contributed by atoms with Crippen LogP contribution in [0.2, 0.25) is 0 Å². The molecule has 1 aromatic carbocycles. The molecule has 1 aliphatic heterocycles. The molecule has 0 bridgehead atoms. The molecule has 7 nitrogen and oxygen atoms in total. The van der Waals surface area contributed by atoms with Gasteiger partial charge < -0.3 is 15.2 Å². The van der Waals surface area contributed by atoms with Gasteiger partial charge in [-0.1, -0.05) is 12.1 Å². The van der Waals surface area contributed by atoms with Crippen LogP contribution in [0, 0.1) is 0 Å². The fourth-order valence-electron chi connectivity index (χ4n) is 2.14. The fourth-order valence-corrected chi connectivity index (χ4v) is 3.64. The van der Waals surface area contributed by atoms with Crippen molar-refractivity contribution in [2.75, 3.05) is 32.5 Å². The quantitative estimate of drug-likeness (QED) is 0.619. The summed E-state index contributed by atoms with van der Waals surface area (Å²) >= 11 is 0. The molecule has 2 rings (SSSR count). The van der Waals surface area contributed by atoms with Crippen LogP contribution in [0.3, 0.4) is 0 Å². The maximum atomic E-state index is 12.4. The van der Waals surface area contributed by atoms with Gasteiger partial charge >= 0.3 is 5.97 Å². The normalized spacial score (nSPS) is 20.1. The summed E-state index contributed by atoms with van der Waals surface area (Å²) in [6.07, 6.45) is -0.876. The highest BCUT2D eigenvalue weighted by Crippen LogP contribution is 2.17. The number of sulfonamides is 1. The molecule has 1 heterocycles. The van der Waals surface area contributed by atoms with E-state index in [0.29, 0.717) is 11.3 Å². The van der Waals surface area contributed by atoms with Crippen molar-refractivity contribution in [1.29, 1.82) is 0 Å². The standard InChI is InChI=1S/C13H18N2O5S/c1-19-13(16)12-8-15(5-6-20-12)21(17,18)9-10-3-2-4-11(14)7-10/h2-4,7,12H,5-6,8-9,14H2,1H3. The number of benzene rings is 1. The number of esters is 1. The van der Waals surface area contributed by atoms with Gasteiger partial charge in [-0.15, -0.1) is 0 Å². The van der Waals surface area contributed by atoms with Crippen molar-refractivity contribution in [3.63, 3.8) is 0 Å². The molecule has 8 heteroatoms.